The average molecular weight is 280 g/mol. The topological polar surface area (TPSA) is 64.8 Å². The smallest absolute Gasteiger partial charge is 0.239 e. The molecule has 1 aromatic rings. The molecule has 0 heterocycles. The second-order valence-corrected chi connectivity index (χ2v) is 4.62. The van der Waals surface area contributed by atoms with Crippen LogP contribution in [0.4, 0.5) is 0 Å². The molecular formula is C15H24N2O3. The highest BCUT2D eigenvalue weighted by Gasteiger charge is 2.18. The van der Waals surface area contributed by atoms with E-state index in [-0.39, 0.29) is 5.91 Å². The first-order valence-electron chi connectivity index (χ1n) is 6.80. The molecular weight excluding hydrogens is 256 g/mol. The number of benzene rings is 1. The third-order valence-electron chi connectivity index (χ3n) is 3.01. The maximum absolute atomic E-state index is 12.1. The molecule has 1 amide bonds. The molecule has 0 aliphatic rings. The minimum atomic E-state index is -0.529. The van der Waals surface area contributed by atoms with Crippen molar-refractivity contribution in [2.45, 2.75) is 25.9 Å². The quantitative estimate of drug-likeness (QED) is 0.782. The van der Waals surface area contributed by atoms with E-state index in [2.05, 4.69) is 0 Å². The van der Waals surface area contributed by atoms with E-state index in [9.17, 15) is 4.79 Å². The van der Waals surface area contributed by atoms with Gasteiger partial charge in [0.15, 0.2) is 0 Å². The van der Waals surface area contributed by atoms with Gasteiger partial charge in [-0.1, -0.05) is 18.2 Å². The fraction of sp³-hybridized carbons (Fsp3) is 0.533. The summed E-state index contributed by atoms with van der Waals surface area (Å²) in [5.41, 5.74) is 6.83. The number of ether oxygens (including phenoxy) is 2. The lowest BCUT2D eigenvalue weighted by atomic mass is 10.1. The summed E-state index contributed by atoms with van der Waals surface area (Å²) in [6.07, 6.45) is 0.521. The number of rotatable bonds is 8. The van der Waals surface area contributed by atoms with Crippen molar-refractivity contribution < 1.29 is 14.3 Å². The molecule has 0 saturated heterocycles. The number of hydrogen-bond donors (Lipinski definition) is 1. The minimum Gasteiger partial charge on any atom is -0.494 e. The Kier molecular flexibility index (Phi) is 7.04. The van der Waals surface area contributed by atoms with Crippen molar-refractivity contribution in [2.24, 2.45) is 5.73 Å². The summed E-state index contributed by atoms with van der Waals surface area (Å²) in [4.78, 5) is 13.8. The molecule has 1 aromatic carbocycles. The lowest BCUT2D eigenvalue weighted by Gasteiger charge is -2.22. The Labute approximate surface area is 120 Å². The molecule has 0 spiro atoms. The van der Waals surface area contributed by atoms with Crippen LogP contribution in [0.25, 0.3) is 0 Å². The Morgan fingerprint density at radius 3 is 2.75 bits per heavy atom. The summed E-state index contributed by atoms with van der Waals surface area (Å²) < 4.78 is 10.5. The molecule has 0 aliphatic heterocycles. The lowest BCUT2D eigenvalue weighted by Crippen LogP contribution is -2.42. The fourth-order valence-electron chi connectivity index (χ4n) is 1.92. The largest absolute Gasteiger partial charge is 0.494 e. The zero-order chi connectivity index (χ0) is 15.0. The molecule has 1 atom stereocenters. The van der Waals surface area contributed by atoms with Gasteiger partial charge in [-0.3, -0.25) is 4.79 Å². The first-order chi connectivity index (χ1) is 9.60. The third-order valence-corrected chi connectivity index (χ3v) is 3.01. The second kappa shape index (κ2) is 8.55. The van der Waals surface area contributed by atoms with E-state index in [4.69, 9.17) is 15.2 Å². The van der Waals surface area contributed by atoms with Crippen LogP contribution in [0.2, 0.25) is 0 Å². The number of carbonyl (C=O) groups excluding carboxylic acids is 1. The third kappa shape index (κ3) is 4.83. The monoisotopic (exact) mass is 280 g/mol. The highest BCUT2D eigenvalue weighted by atomic mass is 16.5. The van der Waals surface area contributed by atoms with E-state index in [1.165, 1.54) is 0 Å². The van der Waals surface area contributed by atoms with Crippen molar-refractivity contribution in [3.05, 3.63) is 29.8 Å². The summed E-state index contributed by atoms with van der Waals surface area (Å²) in [6, 6.07) is 7.18. The maximum Gasteiger partial charge on any atom is 0.239 e. The Bertz CT molecular complexity index is 423. The highest BCUT2D eigenvalue weighted by molar-refractivity contribution is 5.81. The molecule has 5 heteroatoms. The zero-order valence-electron chi connectivity index (χ0n) is 12.5. The van der Waals surface area contributed by atoms with Crippen LogP contribution in [-0.4, -0.2) is 44.2 Å². The molecule has 1 rings (SSSR count). The summed E-state index contributed by atoms with van der Waals surface area (Å²) in [5, 5.41) is 0. The SMILES string of the molecule is CCOc1ccccc1CN(C)C(=O)C(N)CCOC. The van der Waals surface area contributed by atoms with Crippen LogP contribution in [0.15, 0.2) is 24.3 Å². The Hall–Kier alpha value is -1.59. The number of likely N-dealkylation sites (N-methyl/N-ethyl adjacent to an activating group) is 1. The number of nitrogens with zero attached hydrogens (tertiary/aromatic N) is 1. The van der Waals surface area contributed by atoms with Gasteiger partial charge < -0.3 is 20.1 Å². The van der Waals surface area contributed by atoms with Gasteiger partial charge in [0, 0.05) is 32.9 Å². The van der Waals surface area contributed by atoms with Crippen molar-refractivity contribution in [2.75, 3.05) is 27.4 Å². The lowest BCUT2D eigenvalue weighted by molar-refractivity contribution is -0.132. The standard InChI is InChI=1S/C15H24N2O3/c1-4-20-14-8-6-5-7-12(14)11-17(2)15(18)13(16)9-10-19-3/h5-8,13H,4,9-11,16H2,1-3H3. The van der Waals surface area contributed by atoms with Gasteiger partial charge in [-0.25, -0.2) is 0 Å². The Balaban J connectivity index is 2.65. The number of para-hydroxylation sites is 1. The molecule has 2 N–H and O–H groups in total. The van der Waals surface area contributed by atoms with Crippen molar-refractivity contribution in [3.8, 4) is 5.75 Å². The predicted octanol–water partition coefficient (Wildman–Crippen LogP) is 1.41. The molecule has 0 aliphatic carbocycles. The van der Waals surface area contributed by atoms with Crippen LogP contribution >= 0.6 is 0 Å². The van der Waals surface area contributed by atoms with E-state index in [0.717, 1.165) is 11.3 Å². The van der Waals surface area contributed by atoms with Gasteiger partial charge in [-0.2, -0.15) is 0 Å². The Morgan fingerprint density at radius 2 is 2.10 bits per heavy atom. The number of nitrogens with two attached hydrogens (primary N) is 1. The summed E-state index contributed by atoms with van der Waals surface area (Å²) >= 11 is 0. The number of amides is 1. The van der Waals surface area contributed by atoms with E-state index >= 15 is 0 Å². The molecule has 0 bridgehead atoms. The van der Waals surface area contributed by atoms with Crippen LogP contribution in [0.3, 0.4) is 0 Å². The van der Waals surface area contributed by atoms with Crippen LogP contribution in [0.1, 0.15) is 18.9 Å². The van der Waals surface area contributed by atoms with Crippen molar-refractivity contribution in [3.63, 3.8) is 0 Å². The first-order valence-corrected chi connectivity index (χ1v) is 6.80. The van der Waals surface area contributed by atoms with Crippen LogP contribution in [-0.2, 0) is 16.1 Å². The molecule has 1 unspecified atom stereocenters. The van der Waals surface area contributed by atoms with Gasteiger partial charge in [0.1, 0.15) is 5.75 Å². The molecule has 0 fully saturated rings. The molecule has 112 valence electrons. The van der Waals surface area contributed by atoms with E-state index in [1.54, 1.807) is 19.1 Å². The molecule has 0 radical (unpaired) electrons. The van der Waals surface area contributed by atoms with Gasteiger partial charge >= 0.3 is 0 Å². The fourth-order valence-corrected chi connectivity index (χ4v) is 1.92. The maximum atomic E-state index is 12.1. The van der Waals surface area contributed by atoms with Crippen molar-refractivity contribution in [1.29, 1.82) is 0 Å². The van der Waals surface area contributed by atoms with Crippen LogP contribution < -0.4 is 10.5 Å². The predicted molar refractivity (Wildman–Crippen MR) is 78.6 cm³/mol. The van der Waals surface area contributed by atoms with Gasteiger partial charge in [0.05, 0.1) is 12.6 Å². The first kappa shape index (κ1) is 16.5. The van der Waals surface area contributed by atoms with Gasteiger partial charge in [-0.15, -0.1) is 0 Å². The molecule has 5 nitrogen and oxygen atoms in total. The van der Waals surface area contributed by atoms with Crippen molar-refractivity contribution in [1.82, 2.24) is 4.90 Å². The highest BCUT2D eigenvalue weighted by Crippen LogP contribution is 2.19. The van der Waals surface area contributed by atoms with E-state index < -0.39 is 6.04 Å². The van der Waals surface area contributed by atoms with E-state index in [1.807, 2.05) is 31.2 Å². The second-order valence-electron chi connectivity index (χ2n) is 4.62. The summed E-state index contributed by atoms with van der Waals surface area (Å²) in [6.45, 7) is 3.50. The van der Waals surface area contributed by atoms with Gasteiger partial charge in [0.25, 0.3) is 0 Å². The zero-order valence-corrected chi connectivity index (χ0v) is 12.5. The van der Waals surface area contributed by atoms with Gasteiger partial charge in [-0.05, 0) is 19.4 Å². The average Bonchev–Trinajstić information content (AvgIpc) is 2.46. The molecule has 20 heavy (non-hydrogen) atoms. The normalized spacial score (nSPS) is 12.0. The summed E-state index contributed by atoms with van der Waals surface area (Å²) in [5.74, 6) is 0.716. The number of methoxy groups -OCH3 is 1. The summed E-state index contributed by atoms with van der Waals surface area (Å²) in [7, 11) is 3.34. The van der Waals surface area contributed by atoms with Crippen LogP contribution in [0, 0.1) is 0 Å². The van der Waals surface area contributed by atoms with Crippen molar-refractivity contribution >= 4 is 5.91 Å². The van der Waals surface area contributed by atoms with Crippen LogP contribution in [0.5, 0.6) is 5.75 Å². The number of carbonyl (C=O) groups is 1. The van der Waals surface area contributed by atoms with Gasteiger partial charge in [0.2, 0.25) is 5.91 Å². The minimum absolute atomic E-state index is 0.0895. The van der Waals surface area contributed by atoms with E-state index in [0.29, 0.717) is 26.2 Å². The Morgan fingerprint density at radius 1 is 1.40 bits per heavy atom. The molecule has 0 saturated carbocycles. The molecule has 0 aromatic heterocycles. The number of hydrogen-bond acceptors (Lipinski definition) is 4.